The molecule has 2 aromatic heterocycles. The van der Waals surface area contributed by atoms with Crippen LogP contribution in [-0.2, 0) is 0 Å². The van der Waals surface area contributed by atoms with Crippen LogP contribution in [0.4, 0.5) is 0 Å². The summed E-state index contributed by atoms with van der Waals surface area (Å²) in [6, 6.07) is 3.04. The average Bonchev–Trinajstić information content (AvgIpc) is 2.78. The van der Waals surface area contributed by atoms with E-state index < -0.39 is 11.5 Å². The fourth-order valence-electron chi connectivity index (χ4n) is 1.84. The van der Waals surface area contributed by atoms with Crippen LogP contribution in [0.2, 0.25) is 10.0 Å². The van der Waals surface area contributed by atoms with E-state index in [-0.39, 0.29) is 11.3 Å². The summed E-state index contributed by atoms with van der Waals surface area (Å²) in [6.45, 7) is 0. The van der Waals surface area contributed by atoms with Crippen molar-refractivity contribution in [2.24, 2.45) is 0 Å². The van der Waals surface area contributed by atoms with Crippen LogP contribution in [-0.4, -0.2) is 25.4 Å². The standard InChI is InChI=1S/C11H5Cl2N3O3/c12-4-1-6-8(2-5(4)13)16-3-7(11(18)19)14-9(16)10(17)15-6/h1-3H,(H,15,17)(H,18,19). The molecule has 0 aliphatic heterocycles. The first-order valence-electron chi connectivity index (χ1n) is 5.11. The summed E-state index contributed by atoms with van der Waals surface area (Å²) in [6.07, 6.45) is 1.26. The molecule has 0 saturated carbocycles. The maximum atomic E-state index is 11.8. The predicted molar refractivity (Wildman–Crippen MR) is 70.3 cm³/mol. The molecule has 2 N–H and O–H groups in total. The number of benzene rings is 1. The lowest BCUT2D eigenvalue weighted by atomic mass is 10.3. The zero-order chi connectivity index (χ0) is 13.7. The van der Waals surface area contributed by atoms with E-state index >= 15 is 0 Å². The molecule has 2 heterocycles. The van der Waals surface area contributed by atoms with Gasteiger partial charge in [-0.2, -0.15) is 0 Å². The average molecular weight is 298 g/mol. The highest BCUT2D eigenvalue weighted by Crippen LogP contribution is 2.26. The summed E-state index contributed by atoms with van der Waals surface area (Å²) in [5.41, 5.74) is 0.232. The molecule has 96 valence electrons. The van der Waals surface area contributed by atoms with Crippen molar-refractivity contribution in [2.45, 2.75) is 0 Å². The van der Waals surface area contributed by atoms with Crippen molar-refractivity contribution in [3.63, 3.8) is 0 Å². The molecular weight excluding hydrogens is 293 g/mol. The van der Waals surface area contributed by atoms with Gasteiger partial charge in [0.1, 0.15) is 0 Å². The van der Waals surface area contributed by atoms with Crippen LogP contribution in [0.25, 0.3) is 16.7 Å². The van der Waals surface area contributed by atoms with Crippen LogP contribution >= 0.6 is 23.2 Å². The molecule has 3 rings (SSSR count). The number of halogens is 2. The molecule has 0 saturated heterocycles. The summed E-state index contributed by atoms with van der Waals surface area (Å²) < 4.78 is 1.37. The number of carbonyl (C=O) groups is 1. The topological polar surface area (TPSA) is 87.5 Å². The second-order valence-corrected chi connectivity index (χ2v) is 4.68. The number of carboxylic acids is 1. The number of carboxylic acid groups (broad SMARTS) is 1. The summed E-state index contributed by atoms with van der Waals surface area (Å²) in [4.78, 5) is 29.1. The van der Waals surface area contributed by atoms with E-state index in [1.165, 1.54) is 22.7 Å². The Labute approximate surface area is 115 Å². The number of aromatic nitrogens is 3. The quantitative estimate of drug-likeness (QED) is 0.720. The van der Waals surface area contributed by atoms with Gasteiger partial charge >= 0.3 is 5.97 Å². The lowest BCUT2D eigenvalue weighted by molar-refractivity contribution is 0.0691. The summed E-state index contributed by atoms with van der Waals surface area (Å²) in [7, 11) is 0. The van der Waals surface area contributed by atoms with Crippen molar-refractivity contribution in [1.82, 2.24) is 14.4 Å². The van der Waals surface area contributed by atoms with Crippen molar-refractivity contribution in [3.05, 3.63) is 44.4 Å². The molecule has 0 spiro atoms. The summed E-state index contributed by atoms with van der Waals surface area (Å²) in [5, 5.41) is 9.51. The normalized spacial score (nSPS) is 11.3. The number of rotatable bonds is 1. The fraction of sp³-hybridized carbons (Fsp3) is 0. The van der Waals surface area contributed by atoms with Crippen LogP contribution in [0.5, 0.6) is 0 Å². The number of H-pyrrole nitrogens is 1. The second-order valence-electron chi connectivity index (χ2n) is 3.86. The van der Waals surface area contributed by atoms with E-state index in [1.54, 1.807) is 0 Å². The maximum absolute atomic E-state index is 11.8. The number of imidazole rings is 1. The Bertz CT molecular complexity index is 897. The molecule has 8 heteroatoms. The number of aromatic carboxylic acids is 1. The highest BCUT2D eigenvalue weighted by atomic mass is 35.5. The minimum atomic E-state index is -1.21. The molecule has 0 bridgehead atoms. The van der Waals surface area contributed by atoms with Crippen LogP contribution in [0.1, 0.15) is 10.5 Å². The van der Waals surface area contributed by atoms with Crippen molar-refractivity contribution in [1.29, 1.82) is 0 Å². The first-order valence-corrected chi connectivity index (χ1v) is 5.86. The molecule has 0 radical (unpaired) electrons. The highest BCUT2D eigenvalue weighted by Gasteiger charge is 2.14. The van der Waals surface area contributed by atoms with E-state index in [9.17, 15) is 9.59 Å². The highest BCUT2D eigenvalue weighted by molar-refractivity contribution is 6.42. The number of fused-ring (bicyclic) bond motifs is 3. The van der Waals surface area contributed by atoms with Crippen molar-refractivity contribution < 1.29 is 9.90 Å². The van der Waals surface area contributed by atoms with Gasteiger partial charge in [0.2, 0.25) is 5.65 Å². The number of nitrogens with zero attached hydrogens (tertiary/aromatic N) is 2. The molecule has 0 aliphatic rings. The Hall–Kier alpha value is -2.05. The van der Waals surface area contributed by atoms with Gasteiger partial charge in [0.25, 0.3) is 5.56 Å². The van der Waals surface area contributed by atoms with Gasteiger partial charge in [-0.15, -0.1) is 0 Å². The molecule has 3 aromatic rings. The number of aromatic amines is 1. The van der Waals surface area contributed by atoms with Gasteiger partial charge in [0.05, 0.1) is 21.1 Å². The van der Waals surface area contributed by atoms with Crippen LogP contribution in [0.3, 0.4) is 0 Å². The predicted octanol–water partition coefficient (Wildman–Crippen LogP) is 2.18. The number of nitrogens with one attached hydrogen (secondary N) is 1. The van der Waals surface area contributed by atoms with Crippen LogP contribution in [0, 0.1) is 0 Å². The van der Waals surface area contributed by atoms with Gasteiger partial charge in [-0.1, -0.05) is 23.2 Å². The SMILES string of the molecule is O=C(O)c1cn2c(n1)c(=O)[nH]c1cc(Cl)c(Cl)cc12. The monoisotopic (exact) mass is 297 g/mol. The van der Waals surface area contributed by atoms with E-state index in [0.717, 1.165) is 0 Å². The fourth-order valence-corrected chi connectivity index (χ4v) is 2.16. The summed E-state index contributed by atoms with van der Waals surface area (Å²) >= 11 is 11.8. The minimum Gasteiger partial charge on any atom is -0.476 e. The number of hydrogen-bond acceptors (Lipinski definition) is 3. The second kappa shape index (κ2) is 3.97. The number of hydrogen-bond donors (Lipinski definition) is 2. The first-order chi connectivity index (χ1) is 8.97. The lowest BCUT2D eigenvalue weighted by Crippen LogP contribution is -2.10. The van der Waals surface area contributed by atoms with E-state index in [2.05, 4.69) is 9.97 Å². The molecule has 6 nitrogen and oxygen atoms in total. The smallest absolute Gasteiger partial charge is 0.356 e. The molecule has 0 amide bonds. The van der Waals surface area contributed by atoms with Crippen LogP contribution in [0.15, 0.2) is 23.1 Å². The molecule has 19 heavy (non-hydrogen) atoms. The Balaban J connectivity index is 2.54. The minimum absolute atomic E-state index is 0.0108. The lowest BCUT2D eigenvalue weighted by Gasteiger charge is -2.03. The Morgan fingerprint density at radius 1 is 1.32 bits per heavy atom. The van der Waals surface area contributed by atoms with E-state index in [4.69, 9.17) is 28.3 Å². The zero-order valence-electron chi connectivity index (χ0n) is 9.15. The van der Waals surface area contributed by atoms with Gasteiger partial charge in [0.15, 0.2) is 5.69 Å². The first kappa shape index (κ1) is 12.0. The Morgan fingerprint density at radius 3 is 2.68 bits per heavy atom. The molecular formula is C11H5Cl2N3O3. The van der Waals surface area contributed by atoms with E-state index in [1.807, 2.05) is 0 Å². The van der Waals surface area contributed by atoms with Crippen molar-refractivity contribution >= 4 is 45.9 Å². The van der Waals surface area contributed by atoms with Crippen LogP contribution < -0.4 is 5.56 Å². The Morgan fingerprint density at radius 2 is 2.00 bits per heavy atom. The largest absolute Gasteiger partial charge is 0.476 e. The van der Waals surface area contributed by atoms with Gasteiger partial charge in [-0.05, 0) is 12.1 Å². The Kier molecular flexibility index (Phi) is 2.51. The van der Waals surface area contributed by atoms with E-state index in [0.29, 0.717) is 21.1 Å². The molecule has 0 unspecified atom stereocenters. The third-order valence-electron chi connectivity index (χ3n) is 2.67. The molecule has 1 aromatic carbocycles. The zero-order valence-corrected chi connectivity index (χ0v) is 10.7. The van der Waals surface area contributed by atoms with Gasteiger partial charge < -0.3 is 10.1 Å². The van der Waals surface area contributed by atoms with Gasteiger partial charge in [0, 0.05) is 6.20 Å². The molecule has 0 atom stereocenters. The molecule has 0 fully saturated rings. The van der Waals surface area contributed by atoms with Gasteiger partial charge in [-0.3, -0.25) is 9.20 Å². The third kappa shape index (κ3) is 1.76. The maximum Gasteiger partial charge on any atom is 0.356 e. The van der Waals surface area contributed by atoms with Gasteiger partial charge in [-0.25, -0.2) is 9.78 Å². The van der Waals surface area contributed by atoms with Crippen molar-refractivity contribution in [2.75, 3.05) is 0 Å². The third-order valence-corrected chi connectivity index (χ3v) is 3.40. The van der Waals surface area contributed by atoms with Crippen molar-refractivity contribution in [3.8, 4) is 0 Å². The summed E-state index contributed by atoms with van der Waals surface area (Å²) in [5.74, 6) is -1.21. The molecule has 0 aliphatic carbocycles.